The maximum absolute atomic E-state index is 13.5. The third-order valence-corrected chi connectivity index (χ3v) is 6.84. The van der Waals surface area contributed by atoms with E-state index in [1.807, 2.05) is 0 Å². The van der Waals surface area contributed by atoms with Crippen molar-refractivity contribution in [3.63, 3.8) is 0 Å². The first-order chi connectivity index (χ1) is 18.5. The smallest absolute Gasteiger partial charge is 0.346 e. The van der Waals surface area contributed by atoms with Crippen molar-refractivity contribution in [1.29, 1.82) is 0 Å². The molecule has 4 aromatic rings. The summed E-state index contributed by atoms with van der Waals surface area (Å²) in [4.78, 5) is 45.7. The Morgan fingerprint density at radius 2 is 1.75 bits per heavy atom. The molecule has 0 spiro atoms. The molecule has 1 atom stereocenters. The van der Waals surface area contributed by atoms with Gasteiger partial charge in [0.05, 0.1) is 28.2 Å². The van der Waals surface area contributed by atoms with E-state index in [9.17, 15) is 27.6 Å². The quantitative estimate of drug-likeness (QED) is 0.214. The molecule has 3 amide bonds. The number of aromatic nitrogens is 2. The van der Waals surface area contributed by atoms with Crippen LogP contribution >= 0.6 is 24.0 Å². The number of hydrogen-bond acceptors (Lipinski definition) is 4. The van der Waals surface area contributed by atoms with E-state index in [0.717, 1.165) is 12.1 Å². The van der Waals surface area contributed by atoms with Gasteiger partial charge in [0, 0.05) is 22.8 Å². The molecule has 3 aromatic carbocycles. The Morgan fingerprint density at radius 1 is 1.02 bits per heavy atom. The average Bonchev–Trinajstić information content (AvgIpc) is 3.52. The number of aromatic amines is 1. The summed E-state index contributed by atoms with van der Waals surface area (Å²) in [7, 11) is 0. The van der Waals surface area contributed by atoms with E-state index in [4.69, 9.17) is 11.6 Å². The van der Waals surface area contributed by atoms with Gasteiger partial charge >= 0.3 is 6.18 Å². The number of benzene rings is 3. The van der Waals surface area contributed by atoms with Crippen molar-refractivity contribution in [3.05, 3.63) is 87.7 Å². The standard InChI is InChI=1S/C27H21ClF3N5O3.ClH/c1-13-18(28)7-4-8-19(13)35-26(39)16-11-14(32-25(38)15-5-2-3-6-17(15)27(29,30)31)12-21-23(16)36-24(34-21)20-9-10-22(37)33-20;/h2-8,11-12,20H,9-10H2,1H3,(H,32,38)(H,33,37)(H,34,36)(H,35,39);1H/t20-;/m0./s1. The highest BCUT2D eigenvalue weighted by molar-refractivity contribution is 6.31. The van der Waals surface area contributed by atoms with Crippen molar-refractivity contribution in [2.24, 2.45) is 0 Å². The van der Waals surface area contributed by atoms with Crippen molar-refractivity contribution in [3.8, 4) is 0 Å². The first kappa shape index (κ1) is 28.9. The topological polar surface area (TPSA) is 116 Å². The Labute approximate surface area is 237 Å². The van der Waals surface area contributed by atoms with Gasteiger partial charge in [-0.3, -0.25) is 14.4 Å². The number of hydrogen-bond donors (Lipinski definition) is 4. The molecule has 1 aliphatic rings. The van der Waals surface area contributed by atoms with Gasteiger partial charge in [-0.05, 0) is 55.3 Å². The number of alkyl halides is 3. The van der Waals surface area contributed by atoms with Crippen LogP contribution in [0.15, 0.2) is 54.6 Å². The van der Waals surface area contributed by atoms with Gasteiger partial charge in [0.25, 0.3) is 11.8 Å². The first-order valence-electron chi connectivity index (χ1n) is 11.9. The summed E-state index contributed by atoms with van der Waals surface area (Å²) in [5, 5.41) is 8.49. The maximum Gasteiger partial charge on any atom is 0.417 e. The fourth-order valence-electron chi connectivity index (χ4n) is 4.43. The fourth-order valence-corrected chi connectivity index (χ4v) is 4.60. The van der Waals surface area contributed by atoms with Crippen molar-refractivity contribution >= 4 is 64.1 Å². The highest BCUT2D eigenvalue weighted by atomic mass is 35.5. The minimum absolute atomic E-state index is 0. The monoisotopic (exact) mass is 591 g/mol. The van der Waals surface area contributed by atoms with E-state index in [1.165, 1.54) is 24.3 Å². The Kier molecular flexibility index (Phi) is 8.08. The molecule has 40 heavy (non-hydrogen) atoms. The molecule has 0 radical (unpaired) electrons. The van der Waals surface area contributed by atoms with E-state index in [2.05, 4.69) is 25.9 Å². The van der Waals surface area contributed by atoms with Gasteiger partial charge in [0.2, 0.25) is 5.91 Å². The molecule has 13 heteroatoms. The lowest BCUT2D eigenvalue weighted by Crippen LogP contribution is -2.19. The SMILES string of the molecule is Cc1c(Cl)cccc1NC(=O)c1cc(NC(=O)c2ccccc2C(F)(F)F)cc2[nH]c([C@@H]3CCC(=O)N3)nc12.Cl. The van der Waals surface area contributed by atoms with Gasteiger partial charge in [-0.1, -0.05) is 29.8 Å². The van der Waals surface area contributed by atoms with Crippen LogP contribution in [0.4, 0.5) is 24.5 Å². The zero-order valence-corrected chi connectivity index (χ0v) is 22.4. The largest absolute Gasteiger partial charge is 0.417 e. The van der Waals surface area contributed by atoms with Crippen LogP contribution in [-0.2, 0) is 11.0 Å². The van der Waals surface area contributed by atoms with Crippen LogP contribution < -0.4 is 16.0 Å². The number of carbonyl (C=O) groups is 3. The van der Waals surface area contributed by atoms with E-state index in [1.54, 1.807) is 25.1 Å². The van der Waals surface area contributed by atoms with Crippen LogP contribution in [0.2, 0.25) is 5.02 Å². The first-order valence-corrected chi connectivity index (χ1v) is 12.3. The lowest BCUT2D eigenvalue weighted by atomic mass is 10.1. The molecular weight excluding hydrogens is 570 g/mol. The summed E-state index contributed by atoms with van der Waals surface area (Å²) in [5.41, 5.74) is 0.170. The molecule has 1 aromatic heterocycles. The fraction of sp³-hybridized carbons (Fsp3) is 0.185. The van der Waals surface area contributed by atoms with E-state index < -0.39 is 35.2 Å². The summed E-state index contributed by atoms with van der Waals surface area (Å²) < 4.78 is 40.5. The molecule has 5 rings (SSSR count). The summed E-state index contributed by atoms with van der Waals surface area (Å²) in [6.45, 7) is 1.73. The number of nitrogens with one attached hydrogen (secondary N) is 4. The number of rotatable bonds is 5. The van der Waals surface area contributed by atoms with Crippen molar-refractivity contribution in [1.82, 2.24) is 15.3 Å². The van der Waals surface area contributed by atoms with E-state index >= 15 is 0 Å². The minimum Gasteiger partial charge on any atom is -0.346 e. The third-order valence-electron chi connectivity index (χ3n) is 6.43. The molecular formula is C27H22Cl2F3N5O3. The number of fused-ring (bicyclic) bond motifs is 1. The Bertz CT molecular complexity index is 1640. The molecule has 0 saturated carbocycles. The van der Waals surface area contributed by atoms with Crippen LogP contribution in [0.3, 0.4) is 0 Å². The van der Waals surface area contributed by atoms with Crippen molar-refractivity contribution in [2.45, 2.75) is 32.0 Å². The molecule has 1 aliphatic heterocycles. The van der Waals surface area contributed by atoms with Gasteiger partial charge in [0.1, 0.15) is 11.3 Å². The van der Waals surface area contributed by atoms with Crippen LogP contribution in [0, 0.1) is 6.92 Å². The molecule has 1 saturated heterocycles. The number of nitrogens with zero attached hydrogens (tertiary/aromatic N) is 1. The number of anilines is 2. The second-order valence-corrected chi connectivity index (χ2v) is 9.47. The van der Waals surface area contributed by atoms with E-state index in [0.29, 0.717) is 40.5 Å². The van der Waals surface area contributed by atoms with Crippen LogP contribution in [-0.4, -0.2) is 27.7 Å². The van der Waals surface area contributed by atoms with E-state index in [-0.39, 0.29) is 35.1 Å². The molecule has 2 heterocycles. The predicted molar refractivity (Wildman–Crippen MR) is 147 cm³/mol. The number of carbonyl (C=O) groups excluding carboxylic acids is 3. The highest BCUT2D eigenvalue weighted by Crippen LogP contribution is 2.33. The third kappa shape index (κ3) is 5.75. The van der Waals surface area contributed by atoms with Crippen LogP contribution in [0.1, 0.15) is 56.6 Å². The van der Waals surface area contributed by atoms with Gasteiger partial charge in [-0.15, -0.1) is 12.4 Å². The van der Waals surface area contributed by atoms with Gasteiger partial charge < -0.3 is 20.9 Å². The molecule has 208 valence electrons. The number of amides is 3. The molecule has 0 unspecified atom stereocenters. The zero-order chi connectivity index (χ0) is 27.9. The van der Waals surface area contributed by atoms with Crippen LogP contribution in [0.25, 0.3) is 11.0 Å². The molecule has 4 N–H and O–H groups in total. The van der Waals surface area contributed by atoms with Gasteiger partial charge in [-0.25, -0.2) is 4.98 Å². The number of halogens is 5. The Hall–Kier alpha value is -4.09. The maximum atomic E-state index is 13.5. The molecule has 1 fully saturated rings. The Morgan fingerprint density at radius 3 is 2.45 bits per heavy atom. The lowest BCUT2D eigenvalue weighted by molar-refractivity contribution is -0.137. The second kappa shape index (κ2) is 11.2. The normalized spacial score (nSPS) is 14.9. The second-order valence-electron chi connectivity index (χ2n) is 9.06. The van der Waals surface area contributed by atoms with Crippen molar-refractivity contribution < 1.29 is 27.6 Å². The van der Waals surface area contributed by atoms with Crippen molar-refractivity contribution in [2.75, 3.05) is 10.6 Å². The average molecular weight is 592 g/mol. The number of H-pyrrole nitrogens is 1. The molecule has 0 bridgehead atoms. The summed E-state index contributed by atoms with van der Waals surface area (Å²) >= 11 is 6.18. The molecule has 8 nitrogen and oxygen atoms in total. The summed E-state index contributed by atoms with van der Waals surface area (Å²) in [6, 6.07) is 11.8. The summed E-state index contributed by atoms with van der Waals surface area (Å²) in [5.74, 6) is -1.30. The molecule has 0 aliphatic carbocycles. The Balaban J connectivity index is 0.00000370. The van der Waals surface area contributed by atoms with Gasteiger partial charge in [0.15, 0.2) is 0 Å². The summed E-state index contributed by atoms with van der Waals surface area (Å²) in [6.07, 6.45) is -3.91. The lowest BCUT2D eigenvalue weighted by Gasteiger charge is -2.14. The number of imidazole rings is 1. The zero-order valence-electron chi connectivity index (χ0n) is 20.8. The van der Waals surface area contributed by atoms with Crippen LogP contribution in [0.5, 0.6) is 0 Å². The predicted octanol–water partition coefficient (Wildman–Crippen LogP) is 6.42. The highest BCUT2D eigenvalue weighted by Gasteiger charge is 2.35. The van der Waals surface area contributed by atoms with Gasteiger partial charge in [-0.2, -0.15) is 13.2 Å². The minimum atomic E-state index is -4.73.